The van der Waals surface area contributed by atoms with Crippen LogP contribution >= 0.6 is 0 Å². The van der Waals surface area contributed by atoms with Gasteiger partial charge in [0, 0.05) is 0 Å². The van der Waals surface area contributed by atoms with Crippen molar-refractivity contribution in [1.82, 2.24) is 0 Å². The van der Waals surface area contributed by atoms with Gasteiger partial charge in [-0.25, -0.2) is 0 Å². The van der Waals surface area contributed by atoms with Crippen molar-refractivity contribution in [2.75, 3.05) is 6.61 Å². The summed E-state index contributed by atoms with van der Waals surface area (Å²) in [5.74, 6) is -2.60. The van der Waals surface area contributed by atoms with Gasteiger partial charge in [-0.1, -0.05) is 49.4 Å². The molecule has 5 atom stereocenters. The molecule has 0 saturated heterocycles. The average Bonchev–Trinajstić information content (AvgIpc) is 3.62. The van der Waals surface area contributed by atoms with Gasteiger partial charge in [-0.05, 0) is 119 Å². The molecular formula is C38H45F3O6. The number of hydrogen-bond acceptors (Lipinski definition) is 6. The molecule has 0 radical (unpaired) electrons. The van der Waals surface area contributed by atoms with E-state index < -0.39 is 52.9 Å². The van der Waals surface area contributed by atoms with Gasteiger partial charge in [0.15, 0.2) is 0 Å². The molecule has 9 heteroatoms. The first-order valence-corrected chi connectivity index (χ1v) is 16.5. The lowest BCUT2D eigenvalue weighted by Gasteiger charge is -2.39. The van der Waals surface area contributed by atoms with Crippen molar-refractivity contribution >= 4 is 39.5 Å². The number of carbonyl (C=O) groups is 3. The zero-order valence-electron chi connectivity index (χ0n) is 28.0. The van der Waals surface area contributed by atoms with Gasteiger partial charge in [0.25, 0.3) is 0 Å². The smallest absolute Gasteiger partial charge is 0.394 e. The maximum Gasteiger partial charge on any atom is 0.394 e. The molecular weight excluding hydrogens is 609 g/mol. The Balaban J connectivity index is 1.35. The van der Waals surface area contributed by atoms with Crippen molar-refractivity contribution in [3.05, 3.63) is 54.6 Å². The van der Waals surface area contributed by atoms with Crippen LogP contribution in [-0.2, 0) is 23.9 Å². The van der Waals surface area contributed by atoms with Crippen LogP contribution in [0.1, 0.15) is 80.1 Å². The molecule has 2 aliphatic carbocycles. The van der Waals surface area contributed by atoms with Crippen LogP contribution in [0.25, 0.3) is 21.5 Å². The third-order valence-electron chi connectivity index (χ3n) is 10.1. The lowest BCUT2D eigenvalue weighted by Crippen LogP contribution is -2.45. The number of carbonyl (C=O) groups excluding carboxylic acids is 3. The first-order valence-electron chi connectivity index (χ1n) is 16.5. The molecule has 2 fully saturated rings. The minimum absolute atomic E-state index is 0.0215. The molecule has 0 aromatic heterocycles. The highest BCUT2D eigenvalue weighted by Gasteiger charge is 2.51. The summed E-state index contributed by atoms with van der Waals surface area (Å²) < 4.78 is 56.4. The van der Waals surface area contributed by atoms with Crippen LogP contribution in [0, 0.1) is 34.0 Å². The fourth-order valence-electron chi connectivity index (χ4n) is 7.70. The normalized spacial score (nSPS) is 21.8. The fraction of sp³-hybridized carbons (Fsp3) is 0.553. The second-order valence-corrected chi connectivity index (χ2v) is 15.4. The second kappa shape index (κ2) is 12.8. The standard InChI is InChI=1S/C38H45F3O6/c1-23(38(39,40)41)20-45-32(42)35(2,3)21-37(6,34(44)47-31-18-24-11-12-27(31)17-24)22-36(4,5)33(43)46-28-15-16-30-26(19-28)14-13-25-9-7-8-10-29(25)30/h7-10,13-16,19,23-24,27,31H,11-12,17-18,20-22H2,1-6H3. The zero-order chi connectivity index (χ0) is 34.4. The number of rotatable bonds is 11. The third kappa shape index (κ3) is 7.60. The molecule has 2 bridgehead atoms. The molecule has 6 nitrogen and oxygen atoms in total. The van der Waals surface area contributed by atoms with Crippen LogP contribution in [0.3, 0.4) is 0 Å². The van der Waals surface area contributed by atoms with Crippen molar-refractivity contribution in [3.8, 4) is 5.75 Å². The van der Waals surface area contributed by atoms with Crippen LogP contribution < -0.4 is 4.74 Å². The monoisotopic (exact) mass is 654 g/mol. The number of esters is 3. The van der Waals surface area contributed by atoms with E-state index in [2.05, 4.69) is 0 Å². The number of ether oxygens (including phenoxy) is 3. The first kappa shape index (κ1) is 34.7. The second-order valence-electron chi connectivity index (χ2n) is 15.4. The summed E-state index contributed by atoms with van der Waals surface area (Å²) in [6.07, 6.45) is -0.938. The number of hydrogen-bond donors (Lipinski definition) is 0. The lowest BCUT2D eigenvalue weighted by molar-refractivity contribution is -0.190. The van der Waals surface area contributed by atoms with Crippen molar-refractivity contribution in [2.24, 2.45) is 34.0 Å². The van der Waals surface area contributed by atoms with Gasteiger partial charge in [-0.15, -0.1) is 0 Å². The predicted octanol–water partition coefficient (Wildman–Crippen LogP) is 9.21. The van der Waals surface area contributed by atoms with E-state index in [0.29, 0.717) is 11.7 Å². The summed E-state index contributed by atoms with van der Waals surface area (Å²) in [5, 5.41) is 4.12. The Labute approximate surface area is 274 Å². The zero-order valence-corrected chi connectivity index (χ0v) is 28.0. The van der Waals surface area contributed by atoms with Crippen molar-refractivity contribution in [2.45, 2.75) is 92.3 Å². The van der Waals surface area contributed by atoms with Crippen molar-refractivity contribution < 1.29 is 41.8 Å². The maximum absolute atomic E-state index is 14.0. The number of fused-ring (bicyclic) bond motifs is 5. The van der Waals surface area contributed by atoms with Crippen LogP contribution in [0.5, 0.6) is 5.75 Å². The van der Waals surface area contributed by atoms with E-state index in [1.54, 1.807) is 46.8 Å². The largest absolute Gasteiger partial charge is 0.465 e. The van der Waals surface area contributed by atoms with E-state index in [1.165, 1.54) is 0 Å². The Kier molecular flexibility index (Phi) is 9.43. The maximum atomic E-state index is 14.0. The van der Waals surface area contributed by atoms with Gasteiger partial charge < -0.3 is 14.2 Å². The van der Waals surface area contributed by atoms with E-state index in [1.807, 2.05) is 42.5 Å². The molecule has 254 valence electrons. The predicted molar refractivity (Wildman–Crippen MR) is 173 cm³/mol. The average molecular weight is 655 g/mol. The van der Waals surface area contributed by atoms with Gasteiger partial charge in [0.1, 0.15) is 18.5 Å². The molecule has 0 spiro atoms. The molecule has 0 heterocycles. The summed E-state index contributed by atoms with van der Waals surface area (Å²) in [4.78, 5) is 40.9. The molecule has 5 rings (SSSR count). The molecule has 0 amide bonds. The highest BCUT2D eigenvalue weighted by Crippen LogP contribution is 2.49. The highest BCUT2D eigenvalue weighted by molar-refractivity contribution is 6.07. The first-order chi connectivity index (χ1) is 21.9. The molecule has 0 N–H and O–H groups in total. The molecule has 2 aliphatic rings. The number of alkyl halides is 3. The number of halogens is 3. The summed E-state index contributed by atoms with van der Waals surface area (Å²) in [6, 6.07) is 17.5. The topological polar surface area (TPSA) is 78.9 Å². The number of benzene rings is 3. The Morgan fingerprint density at radius 3 is 2.06 bits per heavy atom. The minimum atomic E-state index is -4.51. The molecule has 0 aliphatic heterocycles. The summed E-state index contributed by atoms with van der Waals surface area (Å²) in [5.41, 5.74) is -3.91. The third-order valence-corrected chi connectivity index (χ3v) is 10.1. The summed E-state index contributed by atoms with van der Waals surface area (Å²) in [7, 11) is 0. The van der Waals surface area contributed by atoms with E-state index in [4.69, 9.17) is 14.2 Å². The van der Waals surface area contributed by atoms with Crippen LogP contribution in [0.2, 0.25) is 0 Å². The van der Waals surface area contributed by atoms with Gasteiger partial charge in [0.2, 0.25) is 0 Å². The Morgan fingerprint density at radius 1 is 0.787 bits per heavy atom. The molecule has 3 aromatic rings. The fourth-order valence-corrected chi connectivity index (χ4v) is 7.70. The minimum Gasteiger partial charge on any atom is -0.465 e. The lowest BCUT2D eigenvalue weighted by atomic mass is 9.66. The molecule has 5 unspecified atom stereocenters. The van der Waals surface area contributed by atoms with Crippen molar-refractivity contribution in [1.29, 1.82) is 0 Å². The quantitative estimate of drug-likeness (QED) is 0.117. The van der Waals surface area contributed by atoms with Gasteiger partial charge in [-0.2, -0.15) is 13.2 Å². The Morgan fingerprint density at radius 2 is 1.43 bits per heavy atom. The van der Waals surface area contributed by atoms with E-state index >= 15 is 0 Å². The van der Waals surface area contributed by atoms with E-state index in [0.717, 1.165) is 54.2 Å². The summed E-state index contributed by atoms with van der Waals surface area (Å²) >= 11 is 0. The Hall–Kier alpha value is -3.62. The molecule has 3 aromatic carbocycles. The Bertz CT molecular complexity index is 1660. The van der Waals surface area contributed by atoms with Crippen molar-refractivity contribution in [3.63, 3.8) is 0 Å². The van der Waals surface area contributed by atoms with E-state index in [-0.39, 0.29) is 24.9 Å². The summed E-state index contributed by atoms with van der Waals surface area (Å²) in [6.45, 7) is 8.24. The van der Waals surface area contributed by atoms with Gasteiger partial charge in [0.05, 0.1) is 22.2 Å². The van der Waals surface area contributed by atoms with Gasteiger partial charge in [-0.3, -0.25) is 14.4 Å². The van der Waals surface area contributed by atoms with Crippen LogP contribution in [-0.4, -0.2) is 36.8 Å². The van der Waals surface area contributed by atoms with Crippen LogP contribution in [0.15, 0.2) is 54.6 Å². The highest BCUT2D eigenvalue weighted by atomic mass is 19.4. The molecule has 2 saturated carbocycles. The van der Waals surface area contributed by atoms with Gasteiger partial charge >= 0.3 is 24.1 Å². The SMILES string of the molecule is CC(COC(=O)C(C)(C)CC(C)(CC(C)(C)C(=O)Oc1ccc2c(ccc3ccccc32)c1)C(=O)OC1CC2CCC1C2)C(F)(F)F. The van der Waals surface area contributed by atoms with Crippen LogP contribution in [0.4, 0.5) is 13.2 Å². The molecule has 47 heavy (non-hydrogen) atoms. The van der Waals surface area contributed by atoms with E-state index in [9.17, 15) is 27.6 Å².